The summed E-state index contributed by atoms with van der Waals surface area (Å²) >= 11 is 1.47. The lowest BCUT2D eigenvalue weighted by Crippen LogP contribution is -2.29. The molecule has 3 aromatic rings. The van der Waals surface area contributed by atoms with Crippen molar-refractivity contribution in [3.8, 4) is 11.3 Å². The summed E-state index contributed by atoms with van der Waals surface area (Å²) in [6.07, 6.45) is 5.70. The molecule has 0 saturated heterocycles. The first kappa shape index (κ1) is 19.4. The summed E-state index contributed by atoms with van der Waals surface area (Å²) in [5.74, 6) is 0.517. The van der Waals surface area contributed by atoms with Gasteiger partial charge in [-0.15, -0.1) is 0 Å². The van der Waals surface area contributed by atoms with E-state index in [2.05, 4.69) is 49.1 Å². The van der Waals surface area contributed by atoms with Crippen LogP contribution in [0.4, 0.5) is 0 Å². The predicted octanol–water partition coefficient (Wildman–Crippen LogP) is 4.36. The number of unbranched alkanes of at least 4 members (excludes halogenated alkanes) is 1. The van der Waals surface area contributed by atoms with Crippen LogP contribution in [-0.2, 0) is 4.79 Å². The van der Waals surface area contributed by atoms with E-state index in [1.807, 2.05) is 23.8 Å². The maximum absolute atomic E-state index is 12.3. The van der Waals surface area contributed by atoms with E-state index in [4.69, 9.17) is 0 Å². The lowest BCUT2D eigenvalue weighted by atomic mass is 10.0. The molecule has 3 rings (SSSR count). The molecule has 6 heteroatoms. The normalized spacial score (nSPS) is 11.1. The van der Waals surface area contributed by atoms with Crippen molar-refractivity contribution < 1.29 is 4.79 Å². The number of carbonyl (C=O) groups is 1. The molecule has 0 radical (unpaired) electrons. The third kappa shape index (κ3) is 4.50. The first-order valence-corrected chi connectivity index (χ1v) is 10.3. The zero-order valence-corrected chi connectivity index (χ0v) is 17.2. The first-order chi connectivity index (χ1) is 13.0. The molecule has 0 bridgehead atoms. The van der Waals surface area contributed by atoms with E-state index < -0.39 is 0 Å². The Morgan fingerprint density at radius 2 is 2.04 bits per heavy atom. The van der Waals surface area contributed by atoms with Crippen LogP contribution in [0.3, 0.4) is 0 Å². The summed E-state index contributed by atoms with van der Waals surface area (Å²) in [6, 6.07) is 8.41. The highest BCUT2D eigenvalue weighted by Gasteiger charge is 2.13. The van der Waals surface area contributed by atoms with Crippen LogP contribution < -0.4 is 0 Å². The van der Waals surface area contributed by atoms with Gasteiger partial charge in [-0.25, -0.2) is 9.50 Å². The molecular formula is C21H26N4OS. The average Bonchev–Trinajstić information content (AvgIpc) is 3.11. The molecule has 1 amide bonds. The Morgan fingerprint density at radius 3 is 2.78 bits per heavy atom. The van der Waals surface area contributed by atoms with Crippen LogP contribution in [0.5, 0.6) is 0 Å². The maximum Gasteiger partial charge on any atom is 0.232 e. The van der Waals surface area contributed by atoms with Crippen LogP contribution in [0, 0.1) is 13.8 Å². The third-order valence-corrected chi connectivity index (χ3v) is 5.74. The van der Waals surface area contributed by atoms with Crippen LogP contribution in [0.25, 0.3) is 16.8 Å². The number of aromatic nitrogens is 3. The van der Waals surface area contributed by atoms with Crippen LogP contribution >= 0.6 is 11.8 Å². The fraction of sp³-hybridized carbons (Fsp3) is 0.381. The number of rotatable bonds is 7. The van der Waals surface area contributed by atoms with E-state index in [-0.39, 0.29) is 5.91 Å². The Morgan fingerprint density at radius 1 is 1.22 bits per heavy atom. The van der Waals surface area contributed by atoms with Gasteiger partial charge in [-0.2, -0.15) is 5.10 Å². The third-order valence-electron chi connectivity index (χ3n) is 4.76. The lowest BCUT2D eigenvalue weighted by molar-refractivity contribution is -0.127. The van der Waals surface area contributed by atoms with Gasteiger partial charge in [0, 0.05) is 31.5 Å². The number of aryl methyl sites for hydroxylation is 2. The largest absolute Gasteiger partial charge is 0.345 e. The molecule has 2 heterocycles. The van der Waals surface area contributed by atoms with Gasteiger partial charge in [-0.05, 0) is 43.5 Å². The standard InChI is InChI=1S/C21H26N4OS/c1-5-6-10-24(4)20(26)14-27-21-19-13-18(23-25(19)11-9-22-21)17-8-7-15(2)16(3)12-17/h7-9,11-13H,5-6,10,14H2,1-4H3. The maximum atomic E-state index is 12.3. The molecule has 27 heavy (non-hydrogen) atoms. The van der Waals surface area contributed by atoms with E-state index >= 15 is 0 Å². The van der Waals surface area contributed by atoms with Crippen LogP contribution in [0.1, 0.15) is 30.9 Å². The molecule has 0 N–H and O–H groups in total. The molecule has 0 unspecified atom stereocenters. The Kier molecular flexibility index (Phi) is 6.16. The van der Waals surface area contributed by atoms with Crippen molar-refractivity contribution in [1.82, 2.24) is 19.5 Å². The van der Waals surface area contributed by atoms with Crippen molar-refractivity contribution in [3.63, 3.8) is 0 Å². The molecule has 0 aliphatic carbocycles. The van der Waals surface area contributed by atoms with Gasteiger partial charge >= 0.3 is 0 Å². The summed E-state index contributed by atoms with van der Waals surface area (Å²) in [7, 11) is 1.86. The van der Waals surface area contributed by atoms with E-state index in [0.29, 0.717) is 5.75 Å². The molecule has 0 aliphatic rings. The topological polar surface area (TPSA) is 50.5 Å². The van der Waals surface area contributed by atoms with Gasteiger partial charge in [0.05, 0.1) is 17.0 Å². The Labute approximate surface area is 164 Å². The molecular weight excluding hydrogens is 356 g/mol. The van der Waals surface area contributed by atoms with Gasteiger partial charge in [0.2, 0.25) is 5.91 Å². The SMILES string of the molecule is CCCCN(C)C(=O)CSc1nccn2nc(-c3ccc(C)c(C)c3)cc12. The summed E-state index contributed by atoms with van der Waals surface area (Å²) < 4.78 is 1.84. The van der Waals surface area contributed by atoms with Crippen LogP contribution in [-0.4, -0.2) is 44.8 Å². The van der Waals surface area contributed by atoms with E-state index in [1.54, 1.807) is 11.1 Å². The first-order valence-electron chi connectivity index (χ1n) is 9.28. The van der Waals surface area contributed by atoms with Crippen LogP contribution in [0.2, 0.25) is 0 Å². The Bertz CT molecular complexity index is 951. The molecule has 2 aromatic heterocycles. The number of thioether (sulfide) groups is 1. The second kappa shape index (κ2) is 8.57. The molecule has 0 fully saturated rings. The number of amides is 1. The quantitative estimate of drug-likeness (QED) is 0.570. The highest BCUT2D eigenvalue weighted by atomic mass is 32.2. The van der Waals surface area contributed by atoms with Gasteiger partial charge in [0.1, 0.15) is 5.03 Å². The summed E-state index contributed by atoms with van der Waals surface area (Å²) in [4.78, 5) is 18.6. The molecule has 0 saturated carbocycles. The number of fused-ring (bicyclic) bond motifs is 1. The number of hydrogen-bond donors (Lipinski definition) is 0. The minimum absolute atomic E-state index is 0.131. The van der Waals surface area contributed by atoms with Gasteiger partial charge in [-0.3, -0.25) is 4.79 Å². The zero-order valence-electron chi connectivity index (χ0n) is 16.4. The highest BCUT2D eigenvalue weighted by Crippen LogP contribution is 2.27. The molecule has 142 valence electrons. The van der Waals surface area contributed by atoms with Crippen LogP contribution in [0.15, 0.2) is 41.7 Å². The average molecular weight is 383 g/mol. The van der Waals surface area contributed by atoms with Gasteiger partial charge in [-0.1, -0.05) is 37.2 Å². The summed E-state index contributed by atoms with van der Waals surface area (Å²) in [6.45, 7) is 7.15. The van der Waals surface area contributed by atoms with Gasteiger partial charge < -0.3 is 4.90 Å². The Hall–Kier alpha value is -2.34. The minimum atomic E-state index is 0.131. The summed E-state index contributed by atoms with van der Waals surface area (Å²) in [5.41, 5.74) is 5.45. The fourth-order valence-corrected chi connectivity index (χ4v) is 3.73. The van der Waals surface area contributed by atoms with Crippen molar-refractivity contribution in [2.75, 3.05) is 19.3 Å². The second-order valence-corrected chi connectivity index (χ2v) is 7.81. The van der Waals surface area contributed by atoms with Gasteiger partial charge in [0.25, 0.3) is 0 Å². The fourth-order valence-electron chi connectivity index (χ4n) is 2.81. The van der Waals surface area contributed by atoms with Gasteiger partial charge in [0.15, 0.2) is 0 Å². The molecule has 0 aliphatic heterocycles. The Balaban J connectivity index is 1.80. The van der Waals surface area contributed by atoms with E-state index in [1.165, 1.54) is 22.9 Å². The van der Waals surface area contributed by atoms with E-state index in [0.717, 1.165) is 41.2 Å². The molecule has 0 atom stereocenters. The molecule has 0 spiro atoms. The predicted molar refractivity (Wildman–Crippen MR) is 111 cm³/mol. The lowest BCUT2D eigenvalue weighted by Gasteiger charge is -2.16. The number of nitrogens with zero attached hydrogens (tertiary/aromatic N) is 4. The number of hydrogen-bond acceptors (Lipinski definition) is 4. The number of benzene rings is 1. The van der Waals surface area contributed by atoms with Crippen molar-refractivity contribution in [2.45, 2.75) is 38.6 Å². The smallest absolute Gasteiger partial charge is 0.232 e. The van der Waals surface area contributed by atoms with Crippen molar-refractivity contribution in [1.29, 1.82) is 0 Å². The van der Waals surface area contributed by atoms with Crippen molar-refractivity contribution >= 4 is 23.2 Å². The second-order valence-electron chi connectivity index (χ2n) is 6.85. The monoisotopic (exact) mass is 382 g/mol. The molecule has 5 nitrogen and oxygen atoms in total. The van der Waals surface area contributed by atoms with Crippen molar-refractivity contribution in [3.05, 3.63) is 47.8 Å². The minimum Gasteiger partial charge on any atom is -0.345 e. The highest BCUT2D eigenvalue weighted by molar-refractivity contribution is 8.00. The zero-order chi connectivity index (χ0) is 19.4. The van der Waals surface area contributed by atoms with E-state index in [9.17, 15) is 4.79 Å². The van der Waals surface area contributed by atoms with Crippen molar-refractivity contribution in [2.24, 2.45) is 0 Å². The summed E-state index contributed by atoms with van der Waals surface area (Å²) in [5, 5.41) is 5.52. The molecule has 1 aromatic carbocycles. The number of carbonyl (C=O) groups excluding carboxylic acids is 1.